The summed E-state index contributed by atoms with van der Waals surface area (Å²) >= 11 is 0. The predicted octanol–water partition coefficient (Wildman–Crippen LogP) is 8.05. The highest BCUT2D eigenvalue weighted by Gasteiger charge is 2.24. The molecule has 1 aliphatic rings. The van der Waals surface area contributed by atoms with Gasteiger partial charge in [-0.3, -0.25) is 9.67 Å². The van der Waals surface area contributed by atoms with Crippen molar-refractivity contribution in [1.29, 1.82) is 0 Å². The first-order valence-electron chi connectivity index (χ1n) is 13.7. The number of halogens is 1. The van der Waals surface area contributed by atoms with Crippen LogP contribution in [-0.2, 0) is 13.5 Å². The van der Waals surface area contributed by atoms with Crippen molar-refractivity contribution in [3.05, 3.63) is 70.3 Å². The standard InChI is InChI=1S/C29H34FN5.C2H6/c1-7-9-22(10-8-2)35-19(5)32-29-25(30)14-20(15-27(29)35)23-11-12-26-24(23)13-21(16-31-26)28-17(3)33-34(6)18(28)4;1-2/h11,13-16,22H,7-10,12H2,1-6H3;1-2H3. The lowest BCUT2D eigenvalue weighted by Crippen LogP contribution is -2.10. The molecular weight excluding hydrogens is 461 g/mol. The summed E-state index contributed by atoms with van der Waals surface area (Å²) in [5, 5.41) is 4.58. The van der Waals surface area contributed by atoms with Crippen LogP contribution in [-0.4, -0.2) is 24.3 Å². The Balaban J connectivity index is 0.00000156. The van der Waals surface area contributed by atoms with E-state index in [4.69, 9.17) is 4.98 Å². The van der Waals surface area contributed by atoms with Crippen molar-refractivity contribution in [2.45, 2.75) is 86.6 Å². The van der Waals surface area contributed by atoms with Crippen molar-refractivity contribution in [2.75, 3.05) is 0 Å². The number of benzene rings is 1. The zero-order valence-electron chi connectivity index (χ0n) is 23.6. The highest BCUT2D eigenvalue weighted by molar-refractivity contribution is 5.90. The fraction of sp³-hybridized carbons (Fsp3) is 0.452. The topological polar surface area (TPSA) is 48.5 Å². The van der Waals surface area contributed by atoms with Crippen molar-refractivity contribution in [3.63, 3.8) is 0 Å². The number of aromatic nitrogens is 5. The molecule has 0 saturated carbocycles. The summed E-state index contributed by atoms with van der Waals surface area (Å²) in [5.74, 6) is 0.624. The molecular formula is C31H40FN5. The third-order valence-corrected chi connectivity index (χ3v) is 7.40. The maximum Gasteiger partial charge on any atom is 0.151 e. The molecule has 0 radical (unpaired) electrons. The lowest BCUT2D eigenvalue weighted by molar-refractivity contribution is 0.428. The zero-order chi connectivity index (χ0) is 26.9. The fourth-order valence-corrected chi connectivity index (χ4v) is 5.75. The number of imidazole rings is 1. The van der Waals surface area contributed by atoms with Crippen molar-refractivity contribution in [3.8, 4) is 11.1 Å². The van der Waals surface area contributed by atoms with E-state index in [0.29, 0.717) is 11.6 Å². The molecule has 0 bridgehead atoms. The molecule has 0 saturated heterocycles. The van der Waals surface area contributed by atoms with Gasteiger partial charge in [0.25, 0.3) is 0 Å². The number of fused-ring (bicyclic) bond motifs is 2. The largest absolute Gasteiger partial charge is 0.325 e. The SMILES string of the molecule is CC.CCCC(CCC)n1c(C)nc2c(F)cc(C3=CCc4ncc(-c5c(C)nn(C)c5C)cc43)cc21. The van der Waals surface area contributed by atoms with Crippen LogP contribution in [0.5, 0.6) is 0 Å². The van der Waals surface area contributed by atoms with Gasteiger partial charge >= 0.3 is 0 Å². The van der Waals surface area contributed by atoms with Crippen LogP contribution in [0.1, 0.15) is 93.5 Å². The summed E-state index contributed by atoms with van der Waals surface area (Å²) in [4.78, 5) is 9.42. The third kappa shape index (κ3) is 4.74. The summed E-state index contributed by atoms with van der Waals surface area (Å²) in [6.07, 6.45) is 9.17. The lowest BCUT2D eigenvalue weighted by atomic mass is 9.96. The summed E-state index contributed by atoms with van der Waals surface area (Å²) in [6, 6.07) is 6.30. The first-order valence-corrected chi connectivity index (χ1v) is 13.7. The van der Waals surface area contributed by atoms with Gasteiger partial charge < -0.3 is 4.57 Å². The minimum absolute atomic E-state index is 0.261. The molecule has 37 heavy (non-hydrogen) atoms. The van der Waals surface area contributed by atoms with Crippen molar-refractivity contribution in [2.24, 2.45) is 7.05 Å². The maximum absolute atomic E-state index is 15.4. The number of hydrogen-bond acceptors (Lipinski definition) is 3. The molecule has 0 unspecified atom stereocenters. The molecule has 196 valence electrons. The summed E-state index contributed by atoms with van der Waals surface area (Å²) in [6.45, 7) is 14.5. The second-order valence-corrected chi connectivity index (χ2v) is 9.80. The Bertz CT molecular complexity index is 1450. The number of aryl methyl sites for hydroxylation is 3. The Morgan fingerprint density at radius 2 is 1.70 bits per heavy atom. The van der Waals surface area contributed by atoms with Gasteiger partial charge in [0.2, 0.25) is 0 Å². The highest BCUT2D eigenvalue weighted by atomic mass is 19.1. The molecule has 1 aromatic carbocycles. The molecule has 1 aliphatic carbocycles. The van der Waals surface area contributed by atoms with Crippen LogP contribution >= 0.6 is 0 Å². The number of pyridine rings is 1. The molecule has 3 heterocycles. The summed E-state index contributed by atoms with van der Waals surface area (Å²) < 4.78 is 19.6. The molecule has 0 aliphatic heterocycles. The number of hydrogen-bond donors (Lipinski definition) is 0. The third-order valence-electron chi connectivity index (χ3n) is 7.40. The van der Waals surface area contributed by atoms with E-state index in [0.717, 1.165) is 88.4 Å². The normalized spacial score (nSPS) is 12.6. The van der Waals surface area contributed by atoms with E-state index in [1.165, 1.54) is 0 Å². The molecule has 5 nitrogen and oxygen atoms in total. The molecule has 3 aromatic heterocycles. The quantitative estimate of drug-likeness (QED) is 0.257. The Labute approximate surface area is 220 Å². The highest BCUT2D eigenvalue weighted by Crippen LogP contribution is 2.38. The molecule has 0 N–H and O–H groups in total. The second-order valence-electron chi connectivity index (χ2n) is 9.80. The van der Waals surface area contributed by atoms with Crippen LogP contribution in [0.15, 0.2) is 30.5 Å². The lowest BCUT2D eigenvalue weighted by Gasteiger charge is -2.20. The summed E-state index contributed by atoms with van der Waals surface area (Å²) in [5.41, 5.74) is 9.66. The first-order chi connectivity index (χ1) is 17.8. The minimum atomic E-state index is -0.261. The molecule has 0 atom stereocenters. The fourth-order valence-electron chi connectivity index (χ4n) is 5.75. The number of rotatable bonds is 7. The van der Waals surface area contributed by atoms with E-state index in [1.54, 1.807) is 6.07 Å². The van der Waals surface area contributed by atoms with Gasteiger partial charge in [-0.1, -0.05) is 46.6 Å². The second kappa shape index (κ2) is 11.0. The van der Waals surface area contributed by atoms with Crippen LogP contribution in [0.3, 0.4) is 0 Å². The van der Waals surface area contributed by atoms with Crippen LogP contribution in [0.25, 0.3) is 27.7 Å². The Morgan fingerprint density at radius 3 is 2.32 bits per heavy atom. The van der Waals surface area contributed by atoms with Crippen LogP contribution in [0.4, 0.5) is 4.39 Å². The molecule has 0 spiro atoms. The van der Waals surface area contributed by atoms with E-state index in [1.807, 2.05) is 45.6 Å². The van der Waals surface area contributed by atoms with Crippen LogP contribution in [0, 0.1) is 26.6 Å². The Kier molecular flexibility index (Phi) is 7.96. The average Bonchev–Trinajstić information content (AvgIpc) is 3.52. The molecule has 4 aromatic rings. The van der Waals surface area contributed by atoms with E-state index < -0.39 is 0 Å². The van der Waals surface area contributed by atoms with Gasteiger partial charge in [-0.2, -0.15) is 5.10 Å². The average molecular weight is 502 g/mol. The zero-order valence-corrected chi connectivity index (χ0v) is 23.6. The monoisotopic (exact) mass is 501 g/mol. The number of nitrogens with zero attached hydrogens (tertiary/aromatic N) is 5. The van der Waals surface area contributed by atoms with Gasteiger partial charge in [-0.05, 0) is 62.9 Å². The van der Waals surface area contributed by atoms with Gasteiger partial charge in [0.05, 0.1) is 16.9 Å². The molecule has 0 amide bonds. The molecule has 6 heteroatoms. The number of allylic oxidation sites excluding steroid dienone is 1. The Morgan fingerprint density at radius 1 is 1.00 bits per heavy atom. The minimum Gasteiger partial charge on any atom is -0.325 e. The Hall–Kier alpha value is -3.28. The van der Waals surface area contributed by atoms with E-state index in [2.05, 4.69) is 53.6 Å². The smallest absolute Gasteiger partial charge is 0.151 e. The van der Waals surface area contributed by atoms with Gasteiger partial charge in [0.1, 0.15) is 11.3 Å². The van der Waals surface area contributed by atoms with Gasteiger partial charge in [0, 0.05) is 48.1 Å². The van der Waals surface area contributed by atoms with Gasteiger partial charge in [-0.25, -0.2) is 9.37 Å². The van der Waals surface area contributed by atoms with Crippen molar-refractivity contribution >= 4 is 16.6 Å². The molecule has 0 fully saturated rings. The van der Waals surface area contributed by atoms with Gasteiger partial charge in [-0.15, -0.1) is 0 Å². The van der Waals surface area contributed by atoms with Crippen molar-refractivity contribution < 1.29 is 4.39 Å². The first kappa shape index (κ1) is 26.8. The van der Waals surface area contributed by atoms with Crippen LogP contribution in [0.2, 0.25) is 0 Å². The van der Waals surface area contributed by atoms with E-state index >= 15 is 4.39 Å². The van der Waals surface area contributed by atoms with Gasteiger partial charge in [0.15, 0.2) is 5.82 Å². The maximum atomic E-state index is 15.4. The van der Waals surface area contributed by atoms with Crippen LogP contribution < -0.4 is 0 Å². The summed E-state index contributed by atoms with van der Waals surface area (Å²) in [7, 11) is 1.96. The molecule has 5 rings (SSSR count). The predicted molar refractivity (Wildman–Crippen MR) is 151 cm³/mol. The van der Waals surface area contributed by atoms with Crippen molar-refractivity contribution in [1.82, 2.24) is 24.3 Å². The van der Waals surface area contributed by atoms with E-state index in [-0.39, 0.29) is 5.82 Å². The van der Waals surface area contributed by atoms with E-state index in [9.17, 15) is 0 Å².